The molecule has 1 atom stereocenters. The van der Waals surface area contributed by atoms with Gasteiger partial charge in [-0.05, 0) is 36.3 Å². The second-order valence-electron chi connectivity index (χ2n) is 6.58. The maximum Gasteiger partial charge on any atom is 0.225 e. The Kier molecular flexibility index (Phi) is 4.15. The zero-order chi connectivity index (χ0) is 14.7. The topological polar surface area (TPSA) is 50.4 Å². The molecule has 1 aromatic rings. The molecular formula is C17H24N2O2. The summed E-state index contributed by atoms with van der Waals surface area (Å²) < 4.78 is 5.40. The summed E-state index contributed by atoms with van der Waals surface area (Å²) in [6.07, 6.45) is 2.88. The molecule has 0 spiro atoms. The van der Waals surface area contributed by atoms with Crippen molar-refractivity contribution >= 4 is 11.6 Å². The first kappa shape index (κ1) is 14.4. The third-order valence-corrected chi connectivity index (χ3v) is 4.78. The third kappa shape index (κ3) is 3.38. The van der Waals surface area contributed by atoms with Gasteiger partial charge < -0.3 is 15.4 Å². The van der Waals surface area contributed by atoms with Gasteiger partial charge in [0.1, 0.15) is 0 Å². The van der Waals surface area contributed by atoms with Crippen LogP contribution in [0.1, 0.15) is 25.3 Å². The van der Waals surface area contributed by atoms with E-state index in [-0.39, 0.29) is 17.2 Å². The summed E-state index contributed by atoms with van der Waals surface area (Å²) in [6.45, 7) is 5.34. The van der Waals surface area contributed by atoms with E-state index in [0.717, 1.165) is 51.3 Å². The van der Waals surface area contributed by atoms with Crippen LogP contribution in [0.5, 0.6) is 0 Å². The van der Waals surface area contributed by atoms with E-state index in [2.05, 4.69) is 29.7 Å². The number of rotatable bonds is 3. The molecule has 2 N–H and O–H groups in total. The second kappa shape index (κ2) is 6.06. The van der Waals surface area contributed by atoms with Gasteiger partial charge in [0, 0.05) is 32.0 Å². The van der Waals surface area contributed by atoms with Gasteiger partial charge in [-0.1, -0.05) is 25.1 Å². The second-order valence-corrected chi connectivity index (χ2v) is 6.58. The molecule has 4 nitrogen and oxygen atoms in total. The normalized spacial score (nSPS) is 23.8. The number of para-hydroxylation sites is 1. The third-order valence-electron chi connectivity index (χ3n) is 4.78. The van der Waals surface area contributed by atoms with Crippen molar-refractivity contribution in [3.63, 3.8) is 0 Å². The minimum atomic E-state index is 0.0309. The van der Waals surface area contributed by atoms with Gasteiger partial charge in [0.05, 0.1) is 5.92 Å². The van der Waals surface area contributed by atoms with Crippen molar-refractivity contribution in [2.75, 3.05) is 31.6 Å². The molecule has 114 valence electrons. The summed E-state index contributed by atoms with van der Waals surface area (Å²) in [5, 5.41) is 6.52. The van der Waals surface area contributed by atoms with Crippen LogP contribution in [0.2, 0.25) is 0 Å². The fraction of sp³-hybridized carbons (Fsp3) is 0.588. The smallest absolute Gasteiger partial charge is 0.225 e. The van der Waals surface area contributed by atoms with E-state index in [4.69, 9.17) is 4.74 Å². The van der Waals surface area contributed by atoms with E-state index in [1.165, 1.54) is 5.56 Å². The molecule has 2 aliphatic heterocycles. The van der Waals surface area contributed by atoms with Gasteiger partial charge >= 0.3 is 0 Å². The Balaban J connectivity index is 1.55. The van der Waals surface area contributed by atoms with Gasteiger partial charge in [0.2, 0.25) is 5.91 Å². The van der Waals surface area contributed by atoms with Gasteiger partial charge in [-0.3, -0.25) is 4.79 Å². The zero-order valence-corrected chi connectivity index (χ0v) is 12.7. The average Bonchev–Trinajstić information content (AvgIpc) is 2.53. The molecule has 21 heavy (non-hydrogen) atoms. The van der Waals surface area contributed by atoms with Crippen LogP contribution in [0.15, 0.2) is 24.3 Å². The number of amides is 1. The Hall–Kier alpha value is -1.55. The number of nitrogens with one attached hydrogen (secondary N) is 2. The van der Waals surface area contributed by atoms with Crippen LogP contribution in [-0.4, -0.2) is 32.2 Å². The van der Waals surface area contributed by atoms with Crippen LogP contribution in [0.25, 0.3) is 0 Å². The molecule has 1 amide bonds. The fourth-order valence-electron chi connectivity index (χ4n) is 3.11. The lowest BCUT2D eigenvalue weighted by Crippen LogP contribution is -2.44. The Morgan fingerprint density at radius 3 is 2.95 bits per heavy atom. The Morgan fingerprint density at radius 1 is 1.38 bits per heavy atom. The molecule has 0 aromatic heterocycles. The molecule has 2 heterocycles. The molecule has 0 radical (unpaired) electrons. The fourth-order valence-corrected chi connectivity index (χ4v) is 3.11. The summed E-state index contributed by atoms with van der Waals surface area (Å²) in [6, 6.07) is 8.23. The average molecular weight is 288 g/mol. The van der Waals surface area contributed by atoms with Crippen molar-refractivity contribution in [2.45, 2.75) is 26.2 Å². The summed E-state index contributed by atoms with van der Waals surface area (Å²) in [7, 11) is 0. The van der Waals surface area contributed by atoms with E-state index in [9.17, 15) is 4.79 Å². The van der Waals surface area contributed by atoms with E-state index in [1.807, 2.05) is 12.1 Å². The number of hydrogen-bond acceptors (Lipinski definition) is 3. The first-order chi connectivity index (χ1) is 10.2. The summed E-state index contributed by atoms with van der Waals surface area (Å²) in [5.74, 6) is 0.202. The van der Waals surface area contributed by atoms with Crippen molar-refractivity contribution in [1.82, 2.24) is 5.32 Å². The van der Waals surface area contributed by atoms with Crippen LogP contribution in [0.3, 0.4) is 0 Å². The number of fused-ring (bicyclic) bond motifs is 1. The van der Waals surface area contributed by atoms with Gasteiger partial charge in [-0.2, -0.15) is 0 Å². The van der Waals surface area contributed by atoms with E-state index >= 15 is 0 Å². The zero-order valence-electron chi connectivity index (χ0n) is 12.7. The summed E-state index contributed by atoms with van der Waals surface area (Å²) in [4.78, 5) is 12.4. The molecule has 2 aliphatic rings. The molecule has 1 aromatic carbocycles. The predicted molar refractivity (Wildman–Crippen MR) is 83.3 cm³/mol. The minimum Gasteiger partial charge on any atom is -0.384 e. The first-order valence-corrected chi connectivity index (χ1v) is 7.84. The molecule has 0 aliphatic carbocycles. The highest BCUT2D eigenvalue weighted by Crippen LogP contribution is 2.29. The molecule has 4 heteroatoms. The van der Waals surface area contributed by atoms with Crippen molar-refractivity contribution in [3.8, 4) is 0 Å². The predicted octanol–water partition coefficient (Wildman–Crippen LogP) is 2.20. The molecule has 0 bridgehead atoms. The maximum absolute atomic E-state index is 12.4. The van der Waals surface area contributed by atoms with Gasteiger partial charge in [-0.25, -0.2) is 0 Å². The van der Waals surface area contributed by atoms with Crippen LogP contribution in [-0.2, 0) is 16.0 Å². The molecule has 1 saturated heterocycles. The minimum absolute atomic E-state index is 0.0309. The van der Waals surface area contributed by atoms with Crippen LogP contribution >= 0.6 is 0 Å². The monoisotopic (exact) mass is 288 g/mol. The van der Waals surface area contributed by atoms with Gasteiger partial charge in [0.25, 0.3) is 0 Å². The first-order valence-electron chi connectivity index (χ1n) is 7.84. The standard InChI is InChI=1S/C17H24N2O2/c1-17(6-8-21-9-7-17)12-19-16(20)14-10-13-4-2-3-5-15(13)18-11-14/h2-5,14,18H,6-12H2,1H3,(H,19,20). The Morgan fingerprint density at radius 2 is 2.14 bits per heavy atom. The van der Waals surface area contributed by atoms with E-state index < -0.39 is 0 Å². The lowest BCUT2D eigenvalue weighted by Gasteiger charge is -2.34. The van der Waals surface area contributed by atoms with E-state index in [0.29, 0.717) is 0 Å². The highest BCUT2D eigenvalue weighted by Gasteiger charge is 2.30. The SMILES string of the molecule is CC1(CNC(=O)C2CNc3ccccc3C2)CCOCC1. The number of hydrogen-bond donors (Lipinski definition) is 2. The van der Waals surface area contributed by atoms with E-state index in [1.54, 1.807) is 0 Å². The summed E-state index contributed by atoms with van der Waals surface area (Å²) in [5.41, 5.74) is 2.59. The number of benzene rings is 1. The van der Waals surface area contributed by atoms with Crippen molar-refractivity contribution < 1.29 is 9.53 Å². The quantitative estimate of drug-likeness (QED) is 0.896. The van der Waals surface area contributed by atoms with Gasteiger partial charge in [0.15, 0.2) is 0 Å². The molecule has 1 unspecified atom stereocenters. The maximum atomic E-state index is 12.4. The number of ether oxygens (including phenoxy) is 1. The Bertz CT molecular complexity index is 509. The molecule has 3 rings (SSSR count). The lowest BCUT2D eigenvalue weighted by molar-refractivity contribution is -0.125. The highest BCUT2D eigenvalue weighted by atomic mass is 16.5. The highest BCUT2D eigenvalue weighted by molar-refractivity contribution is 5.80. The molecular weight excluding hydrogens is 264 g/mol. The summed E-state index contributed by atoms with van der Waals surface area (Å²) >= 11 is 0. The van der Waals surface area contributed by atoms with Crippen LogP contribution in [0, 0.1) is 11.3 Å². The lowest BCUT2D eigenvalue weighted by atomic mass is 9.82. The van der Waals surface area contributed by atoms with Crippen LogP contribution in [0.4, 0.5) is 5.69 Å². The van der Waals surface area contributed by atoms with Gasteiger partial charge in [-0.15, -0.1) is 0 Å². The number of carbonyl (C=O) groups is 1. The van der Waals surface area contributed by atoms with Crippen molar-refractivity contribution in [2.24, 2.45) is 11.3 Å². The molecule has 0 saturated carbocycles. The number of carbonyl (C=O) groups excluding carboxylic acids is 1. The van der Waals surface area contributed by atoms with Crippen LogP contribution < -0.4 is 10.6 Å². The largest absolute Gasteiger partial charge is 0.384 e. The molecule has 1 fully saturated rings. The Labute approximate surface area is 126 Å². The number of anilines is 1. The van der Waals surface area contributed by atoms with Crippen molar-refractivity contribution in [3.05, 3.63) is 29.8 Å². The van der Waals surface area contributed by atoms with Crippen molar-refractivity contribution in [1.29, 1.82) is 0 Å².